The van der Waals surface area contributed by atoms with E-state index in [0.29, 0.717) is 17.4 Å². The maximum Gasteiger partial charge on any atom is 0.248 e. The lowest BCUT2D eigenvalue weighted by molar-refractivity contribution is -0.0258. The van der Waals surface area contributed by atoms with Crippen LogP contribution in [-0.4, -0.2) is 60.3 Å². The maximum absolute atomic E-state index is 13.0. The van der Waals surface area contributed by atoms with Crippen molar-refractivity contribution in [3.63, 3.8) is 0 Å². The Morgan fingerprint density at radius 3 is 2.68 bits per heavy atom. The minimum absolute atomic E-state index is 0.127. The van der Waals surface area contributed by atoms with Gasteiger partial charge >= 0.3 is 0 Å². The lowest BCUT2D eigenvalue weighted by Crippen LogP contribution is -2.47. The Bertz CT molecular complexity index is 922. The average molecular weight is 410 g/mol. The Morgan fingerprint density at radius 2 is 2.04 bits per heavy atom. The van der Waals surface area contributed by atoms with Gasteiger partial charge < -0.3 is 14.0 Å². The molecule has 2 aromatic heterocycles. The molecule has 1 saturated heterocycles. The van der Waals surface area contributed by atoms with Crippen molar-refractivity contribution in [2.75, 3.05) is 26.3 Å². The lowest BCUT2D eigenvalue weighted by Gasteiger charge is -2.31. The molecule has 2 aromatic rings. The third kappa shape index (κ3) is 4.34. The largest absolute Gasteiger partial charge is 0.475 e. The summed E-state index contributed by atoms with van der Waals surface area (Å²) in [6.45, 7) is 10.1. The summed E-state index contributed by atoms with van der Waals surface area (Å²) < 4.78 is 43.9. The molecule has 1 aliphatic rings. The van der Waals surface area contributed by atoms with E-state index in [1.807, 2.05) is 20.8 Å². The van der Waals surface area contributed by atoms with Gasteiger partial charge in [-0.1, -0.05) is 19.0 Å². The van der Waals surface area contributed by atoms with Gasteiger partial charge in [-0.2, -0.15) is 9.29 Å². The van der Waals surface area contributed by atoms with Gasteiger partial charge in [0.25, 0.3) is 0 Å². The molecule has 10 heteroatoms. The lowest BCUT2D eigenvalue weighted by atomic mass is 10.2. The van der Waals surface area contributed by atoms with Crippen LogP contribution in [-0.2, 0) is 14.8 Å². The highest BCUT2D eigenvalue weighted by Crippen LogP contribution is 2.25. The molecule has 28 heavy (non-hydrogen) atoms. The number of nitrogens with zero attached hydrogens (tertiary/aromatic N) is 4. The summed E-state index contributed by atoms with van der Waals surface area (Å²) in [5, 5.41) is 3.75. The second kappa shape index (κ2) is 8.14. The van der Waals surface area contributed by atoms with Crippen molar-refractivity contribution < 1.29 is 22.4 Å². The van der Waals surface area contributed by atoms with Gasteiger partial charge in [-0.3, -0.25) is 0 Å². The molecule has 1 aliphatic heterocycles. The normalized spacial score (nSPS) is 18.6. The SMILES string of the molecule is Cc1cc(OCC2CN(S(=O)(=O)c3c(C)noc3C)CCO2)nc(C(C)C)n1. The second-order valence-electron chi connectivity index (χ2n) is 7.18. The van der Waals surface area contributed by atoms with Gasteiger partial charge in [0, 0.05) is 30.8 Å². The Morgan fingerprint density at radius 1 is 1.29 bits per heavy atom. The number of sulfonamides is 1. The molecule has 0 spiro atoms. The topological polar surface area (TPSA) is 108 Å². The van der Waals surface area contributed by atoms with Crippen molar-refractivity contribution in [1.29, 1.82) is 0 Å². The van der Waals surface area contributed by atoms with Gasteiger partial charge in [-0.25, -0.2) is 13.4 Å². The Balaban J connectivity index is 1.69. The molecule has 0 radical (unpaired) electrons. The highest BCUT2D eigenvalue weighted by Gasteiger charge is 2.35. The third-order valence-corrected chi connectivity index (χ3v) is 6.56. The van der Waals surface area contributed by atoms with Crippen molar-refractivity contribution in [2.24, 2.45) is 0 Å². The molecule has 0 N–H and O–H groups in total. The number of aromatic nitrogens is 3. The van der Waals surface area contributed by atoms with E-state index in [1.54, 1.807) is 19.9 Å². The van der Waals surface area contributed by atoms with Crippen LogP contribution in [0.2, 0.25) is 0 Å². The van der Waals surface area contributed by atoms with E-state index >= 15 is 0 Å². The molecule has 0 bridgehead atoms. The van der Waals surface area contributed by atoms with Crippen LogP contribution in [0.5, 0.6) is 5.88 Å². The van der Waals surface area contributed by atoms with Crippen LogP contribution in [0.1, 0.15) is 42.7 Å². The molecule has 154 valence electrons. The standard InChI is InChI=1S/C18H26N4O5S/c1-11(2)18-19-12(3)8-16(20-18)26-10-15-9-22(6-7-25-15)28(23,24)17-13(4)21-27-14(17)5/h8,11,15H,6-7,9-10H2,1-5H3. The molecule has 3 heterocycles. The molecule has 1 fully saturated rings. The second-order valence-corrected chi connectivity index (χ2v) is 9.06. The predicted octanol–water partition coefficient (Wildman–Crippen LogP) is 1.98. The van der Waals surface area contributed by atoms with Crippen LogP contribution in [0.3, 0.4) is 0 Å². The fraction of sp³-hybridized carbons (Fsp3) is 0.611. The van der Waals surface area contributed by atoms with E-state index < -0.39 is 16.1 Å². The summed E-state index contributed by atoms with van der Waals surface area (Å²) in [6.07, 6.45) is -0.401. The van der Waals surface area contributed by atoms with Gasteiger partial charge in [-0.15, -0.1) is 0 Å². The molecule has 0 aromatic carbocycles. The molecular formula is C18H26N4O5S. The number of morpholine rings is 1. The molecule has 1 atom stereocenters. The van der Waals surface area contributed by atoms with Crippen LogP contribution < -0.4 is 4.74 Å². The van der Waals surface area contributed by atoms with E-state index in [4.69, 9.17) is 14.0 Å². The first-order valence-electron chi connectivity index (χ1n) is 9.21. The first-order chi connectivity index (χ1) is 13.2. The van der Waals surface area contributed by atoms with Crippen molar-refractivity contribution >= 4 is 10.0 Å². The van der Waals surface area contributed by atoms with E-state index in [1.165, 1.54) is 4.31 Å². The third-order valence-electron chi connectivity index (χ3n) is 4.45. The maximum atomic E-state index is 13.0. The number of rotatable bonds is 6. The van der Waals surface area contributed by atoms with Gasteiger partial charge in [0.2, 0.25) is 15.9 Å². The van der Waals surface area contributed by atoms with Crippen LogP contribution in [0.25, 0.3) is 0 Å². The van der Waals surface area contributed by atoms with Crippen LogP contribution in [0.15, 0.2) is 15.5 Å². The fourth-order valence-corrected chi connectivity index (χ4v) is 4.80. The quantitative estimate of drug-likeness (QED) is 0.711. The van der Waals surface area contributed by atoms with E-state index in [9.17, 15) is 8.42 Å². The van der Waals surface area contributed by atoms with Gasteiger partial charge in [-0.05, 0) is 20.8 Å². The summed E-state index contributed by atoms with van der Waals surface area (Å²) in [5.74, 6) is 1.64. The molecular weight excluding hydrogens is 384 g/mol. The van der Waals surface area contributed by atoms with E-state index in [2.05, 4.69) is 15.1 Å². The number of ether oxygens (including phenoxy) is 2. The summed E-state index contributed by atoms with van der Waals surface area (Å²) in [4.78, 5) is 8.93. The zero-order valence-electron chi connectivity index (χ0n) is 16.8. The van der Waals surface area contributed by atoms with Crippen molar-refractivity contribution in [1.82, 2.24) is 19.4 Å². The number of aryl methyl sites for hydroxylation is 3. The summed E-state index contributed by atoms with van der Waals surface area (Å²) >= 11 is 0. The minimum Gasteiger partial charge on any atom is -0.475 e. The molecule has 0 aliphatic carbocycles. The molecule has 0 amide bonds. The molecule has 3 rings (SSSR count). The van der Waals surface area contributed by atoms with Crippen molar-refractivity contribution in [2.45, 2.75) is 51.5 Å². The molecule has 0 saturated carbocycles. The zero-order valence-corrected chi connectivity index (χ0v) is 17.6. The van der Waals surface area contributed by atoms with Crippen molar-refractivity contribution in [3.8, 4) is 5.88 Å². The van der Waals surface area contributed by atoms with Crippen LogP contribution in [0.4, 0.5) is 0 Å². The summed E-state index contributed by atoms with van der Waals surface area (Å²) in [6, 6.07) is 1.76. The Kier molecular flexibility index (Phi) is 6.01. The summed E-state index contributed by atoms with van der Waals surface area (Å²) in [5.41, 5.74) is 1.18. The van der Waals surface area contributed by atoms with Crippen molar-refractivity contribution in [3.05, 3.63) is 29.0 Å². The molecule has 1 unspecified atom stereocenters. The van der Waals surface area contributed by atoms with Crippen LogP contribution >= 0.6 is 0 Å². The highest BCUT2D eigenvalue weighted by atomic mass is 32.2. The Hall–Kier alpha value is -2.04. The fourth-order valence-electron chi connectivity index (χ4n) is 3.06. The average Bonchev–Trinajstić information content (AvgIpc) is 2.99. The highest BCUT2D eigenvalue weighted by molar-refractivity contribution is 7.89. The van der Waals surface area contributed by atoms with Gasteiger partial charge in [0.05, 0.1) is 6.61 Å². The first kappa shape index (κ1) is 20.7. The monoisotopic (exact) mass is 410 g/mol. The Labute approximate surface area is 165 Å². The summed E-state index contributed by atoms with van der Waals surface area (Å²) in [7, 11) is -3.70. The van der Waals surface area contributed by atoms with Crippen LogP contribution in [0, 0.1) is 20.8 Å². The minimum atomic E-state index is -3.70. The zero-order chi connectivity index (χ0) is 20.5. The molecule has 9 nitrogen and oxygen atoms in total. The number of hydrogen-bond acceptors (Lipinski definition) is 8. The number of hydrogen-bond donors (Lipinski definition) is 0. The van der Waals surface area contributed by atoms with E-state index in [-0.39, 0.29) is 42.9 Å². The van der Waals surface area contributed by atoms with Gasteiger partial charge in [0.15, 0.2) is 5.76 Å². The smallest absolute Gasteiger partial charge is 0.248 e. The predicted molar refractivity (Wildman–Crippen MR) is 101 cm³/mol. The first-order valence-corrected chi connectivity index (χ1v) is 10.7. The van der Waals surface area contributed by atoms with E-state index in [0.717, 1.165) is 5.69 Å². The van der Waals surface area contributed by atoms with Gasteiger partial charge in [0.1, 0.15) is 29.1 Å².